The molecule has 0 spiro atoms. The first-order valence-corrected chi connectivity index (χ1v) is 9.65. The van der Waals surface area contributed by atoms with E-state index in [9.17, 15) is 25.5 Å². The maximum absolute atomic E-state index is 10.6. The molecule has 0 radical (unpaired) electrons. The number of benzene rings is 1. The molecule has 2 aliphatic rings. The number of rotatable bonds is 5. The SMILES string of the molecule is OC[C@H]1OC(O[C@@H]2[C@H](O)[C@@H](CO)O[C@H]2n2cnc3cc(Cl)c(Cl)cc32)[C@H](O)[C@@H]1O. The van der Waals surface area contributed by atoms with Crippen LogP contribution in [0, 0.1) is 0 Å². The molecule has 1 aromatic heterocycles. The summed E-state index contributed by atoms with van der Waals surface area (Å²) in [5, 5.41) is 50.1. The van der Waals surface area contributed by atoms with Gasteiger partial charge >= 0.3 is 0 Å². The van der Waals surface area contributed by atoms with Crippen molar-refractivity contribution in [2.45, 2.75) is 49.1 Å². The zero-order valence-electron chi connectivity index (χ0n) is 14.9. The average molecular weight is 451 g/mol. The Labute approximate surface area is 174 Å². The molecule has 0 aliphatic carbocycles. The standard InChI is InChI=1S/C17H20Cl2N2O8/c18-6-1-8-9(2-7(6)19)21(5-20-8)16-15(13(25)11(4-23)27-16)29-17-14(26)12(24)10(3-22)28-17/h1-2,5,10-17,22-26H,3-4H2/t10-,11-,12-,13-,14-,15-,16-,17?/m1/s1. The highest BCUT2D eigenvalue weighted by molar-refractivity contribution is 6.42. The molecule has 29 heavy (non-hydrogen) atoms. The van der Waals surface area contributed by atoms with Gasteiger partial charge in [0.05, 0.1) is 40.6 Å². The molecule has 5 N–H and O–H groups in total. The number of aromatic nitrogens is 2. The molecule has 8 atom stereocenters. The van der Waals surface area contributed by atoms with E-state index in [2.05, 4.69) is 4.98 Å². The minimum Gasteiger partial charge on any atom is -0.394 e. The molecule has 4 rings (SSSR count). The fraction of sp³-hybridized carbons (Fsp3) is 0.588. The first-order chi connectivity index (χ1) is 13.8. The van der Waals surface area contributed by atoms with Crippen LogP contribution in [-0.2, 0) is 14.2 Å². The Bertz CT molecular complexity index is 882. The lowest BCUT2D eigenvalue weighted by molar-refractivity contribution is -0.219. The second kappa shape index (κ2) is 8.23. The van der Waals surface area contributed by atoms with Crippen molar-refractivity contribution in [1.82, 2.24) is 9.55 Å². The lowest BCUT2D eigenvalue weighted by Crippen LogP contribution is -2.42. The van der Waals surface area contributed by atoms with Gasteiger partial charge in [-0.15, -0.1) is 0 Å². The first kappa shape index (κ1) is 21.2. The van der Waals surface area contributed by atoms with E-state index in [0.717, 1.165) is 0 Å². The molecule has 12 heteroatoms. The quantitative estimate of drug-likeness (QED) is 0.403. The predicted molar refractivity (Wildman–Crippen MR) is 99.4 cm³/mol. The topological polar surface area (TPSA) is 147 Å². The van der Waals surface area contributed by atoms with Crippen LogP contribution in [-0.4, -0.2) is 91.2 Å². The summed E-state index contributed by atoms with van der Waals surface area (Å²) < 4.78 is 18.4. The number of fused-ring (bicyclic) bond motifs is 1. The summed E-state index contributed by atoms with van der Waals surface area (Å²) in [6, 6.07) is 3.16. The Morgan fingerprint density at radius 3 is 2.28 bits per heavy atom. The maximum atomic E-state index is 10.6. The number of ether oxygens (including phenoxy) is 3. The van der Waals surface area contributed by atoms with Crippen LogP contribution in [0.2, 0.25) is 10.0 Å². The van der Waals surface area contributed by atoms with E-state index in [1.54, 1.807) is 16.7 Å². The highest BCUT2D eigenvalue weighted by Gasteiger charge is 2.51. The van der Waals surface area contributed by atoms with Crippen LogP contribution in [0.5, 0.6) is 0 Å². The van der Waals surface area contributed by atoms with E-state index in [1.807, 2.05) is 0 Å². The molecule has 1 aromatic carbocycles. The van der Waals surface area contributed by atoms with Gasteiger partial charge in [-0.2, -0.15) is 0 Å². The van der Waals surface area contributed by atoms with Crippen LogP contribution >= 0.6 is 23.2 Å². The summed E-state index contributed by atoms with van der Waals surface area (Å²) in [6.45, 7) is -0.997. The molecule has 1 unspecified atom stereocenters. The van der Waals surface area contributed by atoms with E-state index in [4.69, 9.17) is 37.4 Å². The van der Waals surface area contributed by atoms with E-state index in [1.165, 1.54) is 6.33 Å². The van der Waals surface area contributed by atoms with Gasteiger partial charge in [0, 0.05) is 0 Å². The number of aliphatic hydroxyl groups excluding tert-OH is 5. The van der Waals surface area contributed by atoms with Crippen molar-refractivity contribution in [2.75, 3.05) is 13.2 Å². The summed E-state index contributed by atoms with van der Waals surface area (Å²) in [4.78, 5) is 4.25. The Hall–Kier alpha value is -1.05. The maximum Gasteiger partial charge on any atom is 0.187 e. The van der Waals surface area contributed by atoms with Crippen molar-refractivity contribution in [3.8, 4) is 0 Å². The van der Waals surface area contributed by atoms with Gasteiger partial charge in [0.2, 0.25) is 0 Å². The molecule has 10 nitrogen and oxygen atoms in total. The zero-order valence-corrected chi connectivity index (χ0v) is 16.4. The Morgan fingerprint density at radius 2 is 1.62 bits per heavy atom. The molecular weight excluding hydrogens is 431 g/mol. The number of imidazole rings is 1. The van der Waals surface area contributed by atoms with Crippen molar-refractivity contribution in [3.05, 3.63) is 28.5 Å². The predicted octanol–water partition coefficient (Wildman–Crippen LogP) is -0.582. The molecule has 3 heterocycles. The third kappa shape index (κ3) is 3.63. The van der Waals surface area contributed by atoms with Gasteiger partial charge in [-0.1, -0.05) is 23.2 Å². The van der Waals surface area contributed by atoms with Crippen molar-refractivity contribution in [2.24, 2.45) is 0 Å². The van der Waals surface area contributed by atoms with Crippen molar-refractivity contribution >= 4 is 34.2 Å². The minimum atomic E-state index is -1.44. The lowest BCUT2D eigenvalue weighted by atomic mass is 10.1. The molecule has 2 saturated heterocycles. The van der Waals surface area contributed by atoms with Crippen LogP contribution in [0.3, 0.4) is 0 Å². The summed E-state index contributed by atoms with van der Waals surface area (Å²) in [7, 11) is 0. The fourth-order valence-corrected chi connectivity index (χ4v) is 3.91. The van der Waals surface area contributed by atoms with E-state index >= 15 is 0 Å². The number of aliphatic hydroxyl groups is 5. The van der Waals surface area contributed by atoms with Crippen molar-refractivity contribution in [3.63, 3.8) is 0 Å². The second-order valence-corrected chi connectivity index (χ2v) is 7.77. The van der Waals surface area contributed by atoms with Gasteiger partial charge < -0.3 is 44.3 Å². The van der Waals surface area contributed by atoms with Gasteiger partial charge in [-0.3, -0.25) is 0 Å². The monoisotopic (exact) mass is 450 g/mol. The van der Waals surface area contributed by atoms with Gasteiger partial charge in [-0.25, -0.2) is 4.98 Å². The molecule has 2 aromatic rings. The molecule has 0 saturated carbocycles. The molecule has 160 valence electrons. The molecular formula is C17H20Cl2N2O8. The third-order valence-electron chi connectivity index (χ3n) is 5.17. The van der Waals surface area contributed by atoms with E-state index in [0.29, 0.717) is 21.1 Å². The number of halogens is 2. The summed E-state index contributed by atoms with van der Waals surface area (Å²) in [5.74, 6) is 0. The summed E-state index contributed by atoms with van der Waals surface area (Å²) >= 11 is 12.1. The average Bonchev–Trinajstić information content (AvgIpc) is 3.32. The van der Waals surface area contributed by atoms with Crippen LogP contribution < -0.4 is 0 Å². The van der Waals surface area contributed by atoms with Crippen LogP contribution in [0.1, 0.15) is 6.23 Å². The summed E-state index contributed by atoms with van der Waals surface area (Å²) in [5.41, 5.74) is 1.07. The van der Waals surface area contributed by atoms with Crippen LogP contribution in [0.25, 0.3) is 11.0 Å². The fourth-order valence-electron chi connectivity index (χ4n) is 3.60. The van der Waals surface area contributed by atoms with E-state index in [-0.39, 0.29) is 0 Å². The molecule has 2 fully saturated rings. The summed E-state index contributed by atoms with van der Waals surface area (Å²) in [6.07, 6.45) is -7.99. The highest BCUT2D eigenvalue weighted by atomic mass is 35.5. The minimum absolute atomic E-state index is 0.291. The number of nitrogens with zero attached hydrogens (tertiary/aromatic N) is 2. The number of hydrogen-bond donors (Lipinski definition) is 5. The normalized spacial score (nSPS) is 37.6. The van der Waals surface area contributed by atoms with Gasteiger partial charge in [0.1, 0.15) is 36.6 Å². The first-order valence-electron chi connectivity index (χ1n) is 8.89. The van der Waals surface area contributed by atoms with Crippen molar-refractivity contribution in [1.29, 1.82) is 0 Å². The van der Waals surface area contributed by atoms with Gasteiger partial charge in [0.25, 0.3) is 0 Å². The zero-order chi connectivity index (χ0) is 20.9. The third-order valence-corrected chi connectivity index (χ3v) is 5.90. The van der Waals surface area contributed by atoms with Crippen LogP contribution in [0.15, 0.2) is 18.5 Å². The molecule has 2 aliphatic heterocycles. The van der Waals surface area contributed by atoms with Gasteiger partial charge in [0.15, 0.2) is 12.5 Å². The van der Waals surface area contributed by atoms with E-state index < -0.39 is 62.4 Å². The van der Waals surface area contributed by atoms with Crippen molar-refractivity contribution < 1.29 is 39.7 Å². The highest BCUT2D eigenvalue weighted by Crippen LogP contribution is 2.37. The Morgan fingerprint density at radius 1 is 0.966 bits per heavy atom. The van der Waals surface area contributed by atoms with Gasteiger partial charge in [-0.05, 0) is 12.1 Å². The Balaban J connectivity index is 1.66. The second-order valence-electron chi connectivity index (χ2n) is 6.95. The molecule has 0 amide bonds. The smallest absolute Gasteiger partial charge is 0.187 e. The van der Waals surface area contributed by atoms with Crippen LogP contribution in [0.4, 0.5) is 0 Å². The molecule has 0 bridgehead atoms. The largest absolute Gasteiger partial charge is 0.394 e. The lowest BCUT2D eigenvalue weighted by Gasteiger charge is -2.26. The number of hydrogen-bond acceptors (Lipinski definition) is 9. The Kier molecular flexibility index (Phi) is 6.02.